The smallest absolute Gasteiger partial charge is 0.250 e. The molecule has 8 nitrogen and oxygen atoms in total. The first kappa shape index (κ1) is 21.6. The van der Waals surface area contributed by atoms with Gasteiger partial charge in [0.25, 0.3) is 0 Å². The van der Waals surface area contributed by atoms with Crippen LogP contribution in [-0.2, 0) is 9.53 Å². The Balaban J connectivity index is 2.30. The Bertz CT molecular complexity index is 920. The molecule has 0 aromatic heterocycles. The molecule has 2 aromatic rings. The molecule has 0 unspecified atom stereocenters. The van der Waals surface area contributed by atoms with Crippen LogP contribution in [0.2, 0.25) is 0 Å². The lowest BCUT2D eigenvalue weighted by molar-refractivity contribution is -0.400. The summed E-state index contributed by atoms with van der Waals surface area (Å²) in [5, 5.41) is 13.4. The normalized spacial score (nSPS) is 11.0. The van der Waals surface area contributed by atoms with E-state index in [-0.39, 0.29) is 12.5 Å². The average molecular weight is 398 g/mol. The summed E-state index contributed by atoms with van der Waals surface area (Å²) in [5.41, 5.74) is 2.78. The Hall–Kier alpha value is -3.65. The predicted molar refractivity (Wildman–Crippen MR) is 111 cm³/mol. The lowest BCUT2D eigenvalue weighted by Crippen LogP contribution is -2.16. The number of benzene rings is 2. The molecule has 0 aliphatic heterocycles. The lowest BCUT2D eigenvalue weighted by Gasteiger charge is -2.11. The SMILES string of the molecule is COCC(=O)Nc1ccc(/C=C/c2cc(OC)cc(OC)c2/C=C/[N+](=O)[O-])cc1. The van der Waals surface area contributed by atoms with Crippen molar-refractivity contribution < 1.29 is 23.9 Å². The van der Waals surface area contributed by atoms with Crippen molar-refractivity contribution in [3.63, 3.8) is 0 Å². The summed E-state index contributed by atoms with van der Waals surface area (Å²) in [6, 6.07) is 10.6. The van der Waals surface area contributed by atoms with Crippen molar-refractivity contribution in [1.82, 2.24) is 0 Å². The van der Waals surface area contributed by atoms with Crippen molar-refractivity contribution in [1.29, 1.82) is 0 Å². The number of amides is 1. The quantitative estimate of drug-likeness (QED) is 0.393. The fraction of sp³-hybridized carbons (Fsp3) is 0.190. The van der Waals surface area contributed by atoms with Gasteiger partial charge in [-0.15, -0.1) is 0 Å². The molecule has 0 saturated carbocycles. The van der Waals surface area contributed by atoms with E-state index in [0.29, 0.717) is 28.3 Å². The van der Waals surface area contributed by atoms with Gasteiger partial charge in [0.1, 0.15) is 18.1 Å². The number of carbonyl (C=O) groups is 1. The number of carbonyl (C=O) groups excluding carboxylic acids is 1. The summed E-state index contributed by atoms with van der Waals surface area (Å²) >= 11 is 0. The second-order valence-electron chi connectivity index (χ2n) is 5.87. The Labute approximate surface area is 168 Å². The third-order valence-electron chi connectivity index (χ3n) is 3.89. The number of rotatable bonds is 9. The second kappa shape index (κ2) is 10.6. The van der Waals surface area contributed by atoms with Crippen LogP contribution in [0.4, 0.5) is 5.69 Å². The van der Waals surface area contributed by atoms with E-state index in [1.807, 2.05) is 24.3 Å². The van der Waals surface area contributed by atoms with E-state index in [9.17, 15) is 14.9 Å². The van der Waals surface area contributed by atoms with Gasteiger partial charge in [0.05, 0.1) is 19.1 Å². The summed E-state index contributed by atoms with van der Waals surface area (Å²) < 4.78 is 15.4. The van der Waals surface area contributed by atoms with Crippen molar-refractivity contribution in [2.75, 3.05) is 33.3 Å². The average Bonchev–Trinajstić information content (AvgIpc) is 2.71. The summed E-state index contributed by atoms with van der Waals surface area (Å²) in [6.07, 6.45) is 5.90. The zero-order valence-electron chi connectivity index (χ0n) is 16.4. The van der Waals surface area contributed by atoms with Crippen LogP contribution < -0.4 is 14.8 Å². The molecule has 0 bridgehead atoms. The van der Waals surface area contributed by atoms with Gasteiger partial charge in [-0.3, -0.25) is 14.9 Å². The van der Waals surface area contributed by atoms with Crippen LogP contribution in [0.3, 0.4) is 0 Å². The molecule has 29 heavy (non-hydrogen) atoms. The Morgan fingerprint density at radius 1 is 1.07 bits per heavy atom. The number of methoxy groups -OCH3 is 3. The maximum Gasteiger partial charge on any atom is 0.250 e. The summed E-state index contributed by atoms with van der Waals surface area (Å²) in [7, 11) is 4.48. The van der Waals surface area contributed by atoms with Gasteiger partial charge < -0.3 is 19.5 Å². The predicted octanol–water partition coefficient (Wildman–Crippen LogP) is 3.71. The minimum atomic E-state index is -0.534. The fourth-order valence-electron chi connectivity index (χ4n) is 2.55. The van der Waals surface area contributed by atoms with Crippen LogP contribution in [0.15, 0.2) is 42.6 Å². The van der Waals surface area contributed by atoms with Gasteiger partial charge in [-0.1, -0.05) is 24.3 Å². The lowest BCUT2D eigenvalue weighted by atomic mass is 10.0. The second-order valence-corrected chi connectivity index (χ2v) is 5.87. The van der Waals surface area contributed by atoms with Gasteiger partial charge in [-0.2, -0.15) is 0 Å². The van der Waals surface area contributed by atoms with E-state index in [0.717, 1.165) is 11.8 Å². The van der Waals surface area contributed by atoms with E-state index < -0.39 is 4.92 Å². The van der Waals surface area contributed by atoms with E-state index in [1.54, 1.807) is 24.3 Å². The van der Waals surface area contributed by atoms with Crippen molar-refractivity contribution in [2.45, 2.75) is 0 Å². The van der Waals surface area contributed by atoms with Crippen molar-refractivity contribution >= 4 is 29.8 Å². The molecule has 0 atom stereocenters. The molecular weight excluding hydrogens is 376 g/mol. The summed E-state index contributed by atoms with van der Waals surface area (Å²) in [6.45, 7) is -0.0141. The van der Waals surface area contributed by atoms with Crippen LogP contribution in [0, 0.1) is 10.1 Å². The minimum absolute atomic E-state index is 0.0141. The Kier molecular flexibility index (Phi) is 7.93. The van der Waals surface area contributed by atoms with Crippen LogP contribution in [0.5, 0.6) is 11.5 Å². The van der Waals surface area contributed by atoms with Crippen LogP contribution in [0.25, 0.3) is 18.2 Å². The molecule has 0 radical (unpaired) electrons. The standard InChI is InChI=1S/C21H22N2O6/c1-27-14-21(24)22-17-8-5-15(6-9-17)4-7-16-12-18(28-2)13-20(29-3)19(16)10-11-23(25)26/h4-13H,14H2,1-3H3,(H,22,24)/b7-4+,11-10+. The zero-order valence-corrected chi connectivity index (χ0v) is 16.4. The van der Waals surface area contributed by atoms with Crippen molar-refractivity contribution in [2.24, 2.45) is 0 Å². The van der Waals surface area contributed by atoms with E-state index in [2.05, 4.69) is 5.32 Å². The number of nitrogens with zero attached hydrogens (tertiary/aromatic N) is 1. The van der Waals surface area contributed by atoms with Crippen molar-refractivity contribution in [3.8, 4) is 11.5 Å². The monoisotopic (exact) mass is 398 g/mol. The number of nitrogens with one attached hydrogen (secondary N) is 1. The van der Waals surface area contributed by atoms with Crippen LogP contribution in [-0.4, -0.2) is 38.8 Å². The largest absolute Gasteiger partial charge is 0.497 e. The van der Waals surface area contributed by atoms with Gasteiger partial charge in [-0.25, -0.2) is 0 Å². The third-order valence-corrected chi connectivity index (χ3v) is 3.89. The molecule has 0 spiro atoms. The van der Waals surface area contributed by atoms with Crippen LogP contribution in [0.1, 0.15) is 16.7 Å². The van der Waals surface area contributed by atoms with Crippen LogP contribution >= 0.6 is 0 Å². The highest BCUT2D eigenvalue weighted by Gasteiger charge is 2.10. The van der Waals surface area contributed by atoms with Gasteiger partial charge in [0.2, 0.25) is 12.1 Å². The molecular formula is C21H22N2O6. The highest BCUT2D eigenvalue weighted by atomic mass is 16.6. The number of anilines is 1. The number of hydrogen-bond acceptors (Lipinski definition) is 6. The number of hydrogen-bond donors (Lipinski definition) is 1. The molecule has 152 valence electrons. The van der Waals surface area contributed by atoms with E-state index >= 15 is 0 Å². The molecule has 2 aromatic carbocycles. The highest BCUT2D eigenvalue weighted by Crippen LogP contribution is 2.31. The first-order valence-electron chi connectivity index (χ1n) is 8.61. The Morgan fingerprint density at radius 2 is 1.79 bits per heavy atom. The minimum Gasteiger partial charge on any atom is -0.497 e. The maximum atomic E-state index is 11.5. The molecule has 0 fully saturated rings. The van der Waals surface area contributed by atoms with Gasteiger partial charge >= 0.3 is 0 Å². The number of nitro groups is 1. The molecule has 0 saturated heterocycles. The molecule has 1 N–H and O–H groups in total. The van der Waals surface area contributed by atoms with E-state index in [1.165, 1.54) is 27.4 Å². The van der Waals surface area contributed by atoms with Crippen molar-refractivity contribution in [3.05, 3.63) is 69.4 Å². The molecule has 2 rings (SSSR count). The molecule has 0 aliphatic rings. The number of ether oxygens (including phenoxy) is 3. The summed E-state index contributed by atoms with van der Waals surface area (Å²) in [5.74, 6) is 0.788. The zero-order chi connectivity index (χ0) is 21.2. The molecule has 0 heterocycles. The highest BCUT2D eigenvalue weighted by molar-refractivity contribution is 5.91. The summed E-state index contributed by atoms with van der Waals surface area (Å²) in [4.78, 5) is 21.7. The topological polar surface area (TPSA) is 99.9 Å². The first-order valence-corrected chi connectivity index (χ1v) is 8.61. The third kappa shape index (κ3) is 6.47. The Morgan fingerprint density at radius 3 is 2.38 bits per heavy atom. The molecule has 1 amide bonds. The first-order chi connectivity index (χ1) is 14.0. The maximum absolute atomic E-state index is 11.5. The van der Waals surface area contributed by atoms with Gasteiger partial charge in [0, 0.05) is 30.5 Å². The molecule has 8 heteroatoms. The van der Waals surface area contributed by atoms with Gasteiger partial charge in [-0.05, 0) is 29.3 Å². The fourth-order valence-corrected chi connectivity index (χ4v) is 2.55. The van der Waals surface area contributed by atoms with E-state index in [4.69, 9.17) is 14.2 Å². The van der Waals surface area contributed by atoms with Gasteiger partial charge in [0.15, 0.2) is 0 Å². The molecule has 0 aliphatic carbocycles.